The zero-order valence-corrected chi connectivity index (χ0v) is 6.77. The topological polar surface area (TPSA) is 63.6 Å². The summed E-state index contributed by atoms with van der Waals surface area (Å²) < 4.78 is 24.2. The molecule has 1 N–H and O–H groups in total. The molecule has 0 aliphatic heterocycles. The molecule has 0 saturated heterocycles. The molecule has 4 nitrogen and oxygen atoms in total. The van der Waals surface area contributed by atoms with Crippen molar-refractivity contribution < 1.29 is 18.3 Å². The molecule has 9 heavy (non-hydrogen) atoms. The molecular weight excluding hydrogens is 162 g/mol. The minimum Gasteiger partial charge on any atom is -0.324 e. The van der Waals surface area contributed by atoms with E-state index in [0.29, 0.717) is 6.42 Å². The van der Waals surface area contributed by atoms with E-state index in [1.165, 1.54) is 0 Å². The average molecular weight is 170 g/mol. The van der Waals surface area contributed by atoms with Gasteiger partial charge < -0.3 is 4.89 Å². The van der Waals surface area contributed by atoms with Crippen molar-refractivity contribution in [1.82, 2.24) is 0 Å². The van der Waals surface area contributed by atoms with E-state index < -0.39 is 16.3 Å². The lowest BCUT2D eigenvalue weighted by Crippen LogP contribution is -1.84. The first-order valence-electron chi connectivity index (χ1n) is 2.45. The molecule has 1 unspecified atom stereocenters. The summed E-state index contributed by atoms with van der Waals surface area (Å²) in [6.45, 7) is 1.74. The van der Waals surface area contributed by atoms with Gasteiger partial charge in [-0.2, -0.15) is 0 Å². The van der Waals surface area contributed by atoms with Crippen LogP contribution in [0, 0.1) is 0 Å². The highest BCUT2D eigenvalue weighted by Crippen LogP contribution is 2.45. The molecule has 0 radical (unpaired) electrons. The van der Waals surface area contributed by atoms with E-state index in [-0.39, 0.29) is 6.16 Å². The first kappa shape index (κ1) is 9.25. The lowest BCUT2D eigenvalue weighted by molar-refractivity contribution is 0.388. The van der Waals surface area contributed by atoms with Crippen LogP contribution in [0.1, 0.15) is 13.3 Å². The second-order valence-electron chi connectivity index (χ2n) is 1.52. The molecule has 0 aromatic rings. The minimum absolute atomic E-state index is 0.0578. The van der Waals surface area contributed by atoms with Gasteiger partial charge in [0.1, 0.15) is 0 Å². The van der Waals surface area contributed by atoms with Gasteiger partial charge >= 0.3 is 16.3 Å². The molecular formula is C3H8O4P2. The second kappa shape index (κ2) is 4.13. The van der Waals surface area contributed by atoms with Crippen LogP contribution in [-0.2, 0) is 13.4 Å². The summed E-state index contributed by atoms with van der Waals surface area (Å²) in [4.78, 5) is 8.64. The molecule has 6 heteroatoms. The Morgan fingerprint density at radius 2 is 2.33 bits per heavy atom. The molecule has 0 aliphatic carbocycles. The SMILES string of the molecule is CCCP(=O)(O)OP=O. The molecule has 0 spiro atoms. The lowest BCUT2D eigenvalue weighted by atomic mass is 10.6. The van der Waals surface area contributed by atoms with Crippen molar-refractivity contribution in [2.75, 3.05) is 6.16 Å². The van der Waals surface area contributed by atoms with Crippen molar-refractivity contribution in [2.45, 2.75) is 13.3 Å². The first-order chi connectivity index (χ1) is 4.12. The van der Waals surface area contributed by atoms with E-state index in [2.05, 4.69) is 4.31 Å². The second-order valence-corrected chi connectivity index (χ2v) is 4.04. The molecule has 0 aromatic carbocycles. The van der Waals surface area contributed by atoms with E-state index >= 15 is 0 Å². The van der Waals surface area contributed by atoms with E-state index in [9.17, 15) is 9.13 Å². The Morgan fingerprint density at radius 3 is 2.67 bits per heavy atom. The zero-order valence-electron chi connectivity index (χ0n) is 4.98. The van der Waals surface area contributed by atoms with E-state index in [0.717, 1.165) is 0 Å². The molecule has 0 bridgehead atoms. The Labute approximate surface area is 55.0 Å². The van der Waals surface area contributed by atoms with Crippen LogP contribution in [0.4, 0.5) is 0 Å². The van der Waals surface area contributed by atoms with Crippen LogP contribution in [0.3, 0.4) is 0 Å². The number of hydrogen-bond donors (Lipinski definition) is 1. The highest BCUT2D eigenvalue weighted by atomic mass is 31.2. The number of rotatable bonds is 4. The Balaban J connectivity index is 3.71. The summed E-state index contributed by atoms with van der Waals surface area (Å²) in [5.74, 6) is 0. The molecule has 0 aromatic heterocycles. The van der Waals surface area contributed by atoms with Crippen molar-refractivity contribution in [3.8, 4) is 0 Å². The summed E-state index contributed by atoms with van der Waals surface area (Å²) >= 11 is 0. The molecule has 0 heterocycles. The molecule has 0 fully saturated rings. The third kappa shape index (κ3) is 4.73. The van der Waals surface area contributed by atoms with Crippen LogP contribution in [0.5, 0.6) is 0 Å². The maximum atomic E-state index is 10.5. The lowest BCUT2D eigenvalue weighted by Gasteiger charge is -2.02. The summed E-state index contributed by atoms with van der Waals surface area (Å²) in [6.07, 6.45) is 0.603. The van der Waals surface area contributed by atoms with Gasteiger partial charge in [-0.25, -0.2) is 8.88 Å². The van der Waals surface area contributed by atoms with Crippen LogP contribution in [0.15, 0.2) is 0 Å². The minimum atomic E-state index is -3.52. The van der Waals surface area contributed by atoms with Gasteiger partial charge in [0.05, 0.1) is 6.16 Å². The predicted octanol–water partition coefficient (Wildman–Crippen LogP) is 1.81. The van der Waals surface area contributed by atoms with Crippen molar-refractivity contribution in [2.24, 2.45) is 0 Å². The normalized spacial score (nSPS) is 17.6. The van der Waals surface area contributed by atoms with Crippen LogP contribution < -0.4 is 0 Å². The van der Waals surface area contributed by atoms with E-state index in [4.69, 9.17) is 4.89 Å². The van der Waals surface area contributed by atoms with Gasteiger partial charge in [0.25, 0.3) is 0 Å². The fourth-order valence-electron chi connectivity index (χ4n) is 0.375. The van der Waals surface area contributed by atoms with Crippen LogP contribution in [0.25, 0.3) is 0 Å². The van der Waals surface area contributed by atoms with Crippen LogP contribution in [-0.4, -0.2) is 11.1 Å². The Kier molecular flexibility index (Phi) is 4.24. The summed E-state index contributed by atoms with van der Waals surface area (Å²) in [7, 11) is -4.25. The molecule has 54 valence electrons. The van der Waals surface area contributed by atoms with Gasteiger partial charge in [0.15, 0.2) is 0 Å². The van der Waals surface area contributed by atoms with E-state index in [1.807, 2.05) is 0 Å². The van der Waals surface area contributed by atoms with Gasteiger partial charge in [-0.05, 0) is 6.42 Å². The van der Waals surface area contributed by atoms with Gasteiger partial charge in [0.2, 0.25) is 0 Å². The van der Waals surface area contributed by atoms with Gasteiger partial charge in [0, 0.05) is 0 Å². The van der Waals surface area contributed by atoms with Crippen molar-refractivity contribution in [3.05, 3.63) is 0 Å². The Bertz CT molecular complexity index is 134. The van der Waals surface area contributed by atoms with Gasteiger partial charge in [-0.1, -0.05) is 6.92 Å². The third-order valence-corrected chi connectivity index (χ3v) is 2.97. The van der Waals surface area contributed by atoms with Crippen molar-refractivity contribution >= 4 is 16.3 Å². The van der Waals surface area contributed by atoms with Crippen LogP contribution >= 0.6 is 16.3 Å². The Morgan fingerprint density at radius 1 is 1.78 bits per heavy atom. The van der Waals surface area contributed by atoms with Crippen molar-refractivity contribution in [3.63, 3.8) is 0 Å². The van der Waals surface area contributed by atoms with Gasteiger partial charge in [-0.3, -0.25) is 4.57 Å². The molecule has 1 atom stereocenters. The predicted molar refractivity (Wildman–Crippen MR) is 33.7 cm³/mol. The number of hydrogen-bond acceptors (Lipinski definition) is 3. The largest absolute Gasteiger partial charge is 0.338 e. The smallest absolute Gasteiger partial charge is 0.324 e. The fraction of sp³-hybridized carbons (Fsp3) is 1.00. The molecule has 0 saturated carbocycles. The molecule has 0 aliphatic rings. The van der Waals surface area contributed by atoms with Crippen molar-refractivity contribution in [1.29, 1.82) is 0 Å². The third-order valence-electron chi connectivity index (χ3n) is 0.667. The average Bonchev–Trinajstić information content (AvgIpc) is 1.64. The fourth-order valence-corrected chi connectivity index (χ4v) is 1.68. The van der Waals surface area contributed by atoms with Gasteiger partial charge in [-0.15, -0.1) is 0 Å². The molecule has 0 rings (SSSR count). The Hall–Kier alpha value is 0.250. The molecule has 0 amide bonds. The summed E-state index contributed by atoms with van der Waals surface area (Å²) in [6, 6.07) is 0. The highest BCUT2D eigenvalue weighted by Gasteiger charge is 2.17. The van der Waals surface area contributed by atoms with Crippen LogP contribution in [0.2, 0.25) is 0 Å². The maximum Gasteiger partial charge on any atom is 0.338 e. The first-order valence-corrected chi connectivity index (χ1v) is 4.95. The summed E-state index contributed by atoms with van der Waals surface area (Å²) in [5.41, 5.74) is 0. The van der Waals surface area contributed by atoms with E-state index in [1.54, 1.807) is 6.92 Å². The maximum absolute atomic E-state index is 10.5. The zero-order chi connectivity index (χ0) is 7.33. The summed E-state index contributed by atoms with van der Waals surface area (Å²) in [5, 5.41) is 0. The highest BCUT2D eigenvalue weighted by molar-refractivity contribution is 7.57. The standard InChI is InChI=1S/C3H8O4P2/c1-2-3-9(5,6)7-8-4/h2-3H2,1H3,(H,5,6). The quantitative estimate of drug-likeness (QED) is 0.653. The monoisotopic (exact) mass is 170 g/mol.